The Balaban J connectivity index is 1.57. The van der Waals surface area contributed by atoms with E-state index in [2.05, 4.69) is 45.2 Å². The number of nitrogens with zero attached hydrogens (tertiary/aromatic N) is 2. The molecule has 0 radical (unpaired) electrons. The summed E-state index contributed by atoms with van der Waals surface area (Å²) < 4.78 is 13.2. The maximum atomic E-state index is 13.3. The summed E-state index contributed by atoms with van der Waals surface area (Å²) in [6.45, 7) is 1.51. The number of rotatable bonds is 9. The highest BCUT2D eigenvalue weighted by atomic mass is 127. The summed E-state index contributed by atoms with van der Waals surface area (Å²) in [5.74, 6) is 0.756. The largest absolute Gasteiger partial charge is 0.487 e. The predicted octanol–water partition coefficient (Wildman–Crippen LogP) is 7.77. The smallest absolute Gasteiger partial charge is 0.266 e. The molecule has 1 aliphatic rings. The van der Waals surface area contributed by atoms with Crippen molar-refractivity contribution < 1.29 is 14.3 Å². The molecule has 0 bridgehead atoms. The summed E-state index contributed by atoms with van der Waals surface area (Å²) in [5, 5.41) is 1.36. The molecule has 5 nitrogen and oxygen atoms in total. The number of ether oxygens (including phenoxy) is 2. The Bertz CT molecular complexity index is 1280. The Labute approximate surface area is 247 Å². The molecule has 0 aliphatic carbocycles. The molecule has 0 atom stereocenters. The van der Waals surface area contributed by atoms with Gasteiger partial charge in [0.1, 0.15) is 12.4 Å². The van der Waals surface area contributed by atoms with Crippen molar-refractivity contribution in [3.8, 4) is 5.75 Å². The lowest BCUT2D eigenvalue weighted by atomic mass is 10.2. The van der Waals surface area contributed by atoms with Gasteiger partial charge in [-0.3, -0.25) is 9.69 Å². The van der Waals surface area contributed by atoms with Crippen LogP contribution in [0.25, 0.3) is 6.08 Å². The topological polar surface area (TPSA) is 51.1 Å². The molecule has 3 aromatic carbocycles. The third-order valence-electron chi connectivity index (χ3n) is 5.25. The predicted molar refractivity (Wildman–Crippen MR) is 165 cm³/mol. The van der Waals surface area contributed by atoms with E-state index in [0.717, 1.165) is 36.1 Å². The van der Waals surface area contributed by atoms with Crippen LogP contribution in [0.1, 0.15) is 17.5 Å². The van der Waals surface area contributed by atoms with Crippen LogP contribution in [-0.4, -0.2) is 36.2 Å². The molecule has 3 aromatic rings. The second kappa shape index (κ2) is 13.3. The van der Waals surface area contributed by atoms with Gasteiger partial charge in [0.05, 0.1) is 17.7 Å². The molecular formula is C27H23ClI2N2O3S. The first-order valence-corrected chi connectivity index (χ1v) is 14.5. The van der Waals surface area contributed by atoms with E-state index in [1.165, 1.54) is 11.8 Å². The highest BCUT2D eigenvalue weighted by molar-refractivity contribution is 14.1. The molecule has 36 heavy (non-hydrogen) atoms. The van der Waals surface area contributed by atoms with Gasteiger partial charge < -0.3 is 9.47 Å². The Kier molecular flexibility index (Phi) is 10.1. The van der Waals surface area contributed by atoms with Gasteiger partial charge in [-0.1, -0.05) is 48.0 Å². The first-order chi connectivity index (χ1) is 17.5. The lowest BCUT2D eigenvalue weighted by Gasteiger charge is -2.15. The fraction of sp³-hybridized carbons (Fsp3) is 0.185. The van der Waals surface area contributed by atoms with Crippen LogP contribution in [0, 0.1) is 7.14 Å². The first-order valence-electron chi connectivity index (χ1n) is 11.2. The average molecular weight is 745 g/mol. The van der Waals surface area contributed by atoms with Gasteiger partial charge in [0.15, 0.2) is 5.17 Å². The molecule has 1 saturated heterocycles. The molecule has 9 heteroatoms. The molecule has 1 heterocycles. The number of methoxy groups -OCH3 is 1. The van der Waals surface area contributed by atoms with Crippen molar-refractivity contribution in [2.24, 2.45) is 4.99 Å². The van der Waals surface area contributed by atoms with Gasteiger partial charge in [0.25, 0.3) is 5.91 Å². The summed E-state index contributed by atoms with van der Waals surface area (Å²) >= 11 is 12.2. The lowest BCUT2D eigenvalue weighted by Crippen LogP contribution is -2.30. The molecular weight excluding hydrogens is 722 g/mol. The van der Waals surface area contributed by atoms with Gasteiger partial charge in [-0.05, 0) is 105 Å². The molecule has 0 spiro atoms. The van der Waals surface area contributed by atoms with E-state index < -0.39 is 0 Å². The number of halogens is 3. The third-order valence-corrected chi connectivity index (χ3v) is 8.23. The zero-order chi connectivity index (χ0) is 25.5. The normalized spacial score (nSPS) is 15.8. The maximum Gasteiger partial charge on any atom is 0.266 e. The van der Waals surface area contributed by atoms with Crippen molar-refractivity contribution in [2.75, 3.05) is 20.3 Å². The Hall–Kier alpha value is -1.60. The quantitative estimate of drug-likeness (QED) is 0.128. The lowest BCUT2D eigenvalue weighted by molar-refractivity contribution is -0.122. The number of hydrogen-bond donors (Lipinski definition) is 0. The number of para-hydroxylation sites is 1. The minimum atomic E-state index is -0.0464. The van der Waals surface area contributed by atoms with Crippen molar-refractivity contribution in [3.05, 3.63) is 94.9 Å². The van der Waals surface area contributed by atoms with Gasteiger partial charge in [-0.15, -0.1) is 0 Å². The van der Waals surface area contributed by atoms with Crippen LogP contribution in [-0.2, 0) is 16.1 Å². The number of hydrogen-bond acceptors (Lipinski definition) is 5. The van der Waals surface area contributed by atoms with Crippen molar-refractivity contribution >= 4 is 91.4 Å². The minimum Gasteiger partial charge on any atom is -0.487 e. The van der Waals surface area contributed by atoms with Crippen LogP contribution in [0.4, 0.5) is 5.69 Å². The summed E-state index contributed by atoms with van der Waals surface area (Å²) in [6.07, 6.45) is 2.66. The number of thioether (sulfide) groups is 1. The fourth-order valence-corrected chi connectivity index (χ4v) is 6.83. The van der Waals surface area contributed by atoms with Gasteiger partial charge in [-0.25, -0.2) is 4.99 Å². The van der Waals surface area contributed by atoms with Crippen molar-refractivity contribution in [2.45, 2.75) is 13.0 Å². The van der Waals surface area contributed by atoms with Crippen molar-refractivity contribution in [3.63, 3.8) is 0 Å². The monoisotopic (exact) mass is 744 g/mol. The number of carbonyl (C=O) groups is 1. The van der Waals surface area contributed by atoms with Gasteiger partial charge in [-0.2, -0.15) is 0 Å². The molecule has 0 aromatic heterocycles. The molecule has 1 amide bonds. The van der Waals surface area contributed by atoms with Gasteiger partial charge in [0, 0.05) is 30.8 Å². The minimum absolute atomic E-state index is 0.0464. The molecule has 0 N–H and O–H groups in total. The number of carbonyl (C=O) groups excluding carboxylic acids is 1. The van der Waals surface area contributed by atoms with Crippen LogP contribution in [0.2, 0.25) is 5.02 Å². The SMILES string of the molecule is COCCCN1C(=O)/C(=C/c2cc(I)c(OCc3ccccc3Cl)c(I)c2)SC1=Nc1ccccc1. The molecule has 0 saturated carbocycles. The zero-order valence-electron chi connectivity index (χ0n) is 19.4. The first kappa shape index (κ1) is 27.4. The second-order valence-corrected chi connectivity index (χ2v) is 11.6. The molecule has 0 unspecified atom stereocenters. The molecule has 1 fully saturated rings. The third kappa shape index (κ3) is 7.03. The summed E-state index contributed by atoms with van der Waals surface area (Å²) in [4.78, 5) is 20.4. The summed E-state index contributed by atoms with van der Waals surface area (Å²) in [6, 6.07) is 21.4. The highest BCUT2D eigenvalue weighted by Gasteiger charge is 2.33. The van der Waals surface area contributed by atoms with Crippen molar-refractivity contribution in [1.29, 1.82) is 0 Å². The summed E-state index contributed by atoms with van der Waals surface area (Å²) in [7, 11) is 1.66. The molecule has 186 valence electrons. The number of amides is 1. The fourth-order valence-electron chi connectivity index (χ4n) is 3.49. The van der Waals surface area contributed by atoms with E-state index in [0.29, 0.717) is 34.9 Å². The van der Waals surface area contributed by atoms with Crippen LogP contribution in [0.5, 0.6) is 5.75 Å². The number of aliphatic imine (C=N–C) groups is 1. The van der Waals surface area contributed by atoms with E-state index in [1.807, 2.05) is 72.8 Å². The Morgan fingerprint density at radius 1 is 1.06 bits per heavy atom. The van der Waals surface area contributed by atoms with Gasteiger partial charge in [0.2, 0.25) is 0 Å². The van der Waals surface area contributed by atoms with E-state index in [1.54, 1.807) is 12.0 Å². The van der Waals surface area contributed by atoms with Crippen LogP contribution in [0.3, 0.4) is 0 Å². The van der Waals surface area contributed by atoms with E-state index in [9.17, 15) is 4.79 Å². The summed E-state index contributed by atoms with van der Waals surface area (Å²) in [5.41, 5.74) is 2.68. The van der Waals surface area contributed by atoms with Crippen LogP contribution in [0.15, 0.2) is 76.6 Å². The highest BCUT2D eigenvalue weighted by Crippen LogP contribution is 2.36. The standard InChI is InChI=1S/C27H23ClI2N2O3S/c1-34-13-7-12-32-26(33)24(36-27(32)31-20-9-3-2-4-10-20)16-18-14-22(29)25(23(30)15-18)35-17-19-8-5-6-11-21(19)28/h2-6,8-11,14-16H,7,12-13,17H2,1H3/b24-16-,31-27?. The van der Waals surface area contributed by atoms with Gasteiger partial charge >= 0.3 is 0 Å². The van der Waals surface area contributed by atoms with Crippen molar-refractivity contribution in [1.82, 2.24) is 4.90 Å². The van der Waals surface area contributed by atoms with Crippen LogP contribution < -0.4 is 4.74 Å². The number of amidine groups is 1. The number of benzene rings is 3. The zero-order valence-corrected chi connectivity index (χ0v) is 25.3. The van der Waals surface area contributed by atoms with E-state index in [-0.39, 0.29) is 5.91 Å². The van der Waals surface area contributed by atoms with E-state index in [4.69, 9.17) is 26.1 Å². The molecule has 4 rings (SSSR count). The van der Waals surface area contributed by atoms with E-state index >= 15 is 0 Å². The maximum absolute atomic E-state index is 13.3. The Morgan fingerprint density at radius 2 is 1.75 bits per heavy atom. The average Bonchev–Trinajstić information content (AvgIpc) is 3.14. The van der Waals surface area contributed by atoms with Crippen LogP contribution >= 0.6 is 68.5 Å². The molecule has 1 aliphatic heterocycles. The second-order valence-electron chi connectivity index (χ2n) is 7.84. The Morgan fingerprint density at radius 3 is 2.44 bits per heavy atom.